The minimum atomic E-state index is -1.80. The summed E-state index contributed by atoms with van der Waals surface area (Å²) >= 11 is 14.4. The van der Waals surface area contributed by atoms with E-state index in [1.165, 1.54) is 19.7 Å². The first kappa shape index (κ1) is 89.5. The summed E-state index contributed by atoms with van der Waals surface area (Å²) in [6, 6.07) is 0. The highest BCUT2D eigenvalue weighted by Crippen LogP contribution is 2.70. The molecular weight excluding hydrogens is 2110 g/mol. The number of rotatable bonds is 62. The average Bonchev–Trinajstić information content (AvgIpc) is 3.33. The Kier molecular flexibility index (Phi) is 110. The Bertz CT molecular complexity index is 954. The van der Waals surface area contributed by atoms with Gasteiger partial charge < -0.3 is 4.18 Å². The van der Waals surface area contributed by atoms with Gasteiger partial charge in [0.2, 0.25) is 0 Å². The lowest BCUT2D eigenvalue weighted by atomic mass is 11.8. The molecule has 0 saturated heterocycles. The summed E-state index contributed by atoms with van der Waals surface area (Å²) in [5, 5.41) is 0. The van der Waals surface area contributed by atoms with Crippen molar-refractivity contribution < 1.29 is 4.18 Å². The van der Waals surface area contributed by atoms with Crippen LogP contribution in [0.1, 0.15) is 0 Å². The molecule has 0 fully saturated rings. The van der Waals surface area contributed by atoms with Crippen molar-refractivity contribution in [2.75, 3.05) is 7.11 Å². The van der Waals surface area contributed by atoms with Crippen molar-refractivity contribution >= 4 is 640 Å². The third-order valence-corrected chi connectivity index (χ3v) is 142. The maximum atomic E-state index is 5.17. The number of hydrogen-bond donors (Lipinski definition) is 1. The summed E-state index contributed by atoms with van der Waals surface area (Å²) in [5.74, 6) is 0. The second kappa shape index (κ2) is 82.7. The van der Waals surface area contributed by atoms with Crippen molar-refractivity contribution in [2.24, 2.45) is 0 Å². The van der Waals surface area contributed by atoms with E-state index in [2.05, 4.69) is 11.7 Å². The van der Waals surface area contributed by atoms with Crippen molar-refractivity contribution in [1.29, 1.82) is 0 Å². The third kappa shape index (κ3) is 84.5. The molecule has 0 aromatic carbocycles. The molecule has 0 bridgehead atoms. The van der Waals surface area contributed by atoms with E-state index >= 15 is 0 Å². The van der Waals surface area contributed by atoms with Crippen LogP contribution in [0, 0.1) is 0 Å². The molecule has 0 aromatic heterocycles. The molecule has 0 aromatic rings. The van der Waals surface area contributed by atoms with Gasteiger partial charge in [-0.2, -0.15) is 0 Å². The van der Waals surface area contributed by atoms with Gasteiger partial charge in [0.05, 0.1) is 13.6 Å². The molecule has 67 heavy (non-hydrogen) atoms. The molecule has 0 rings (SSSR count). The van der Waals surface area contributed by atoms with Crippen molar-refractivity contribution in [3.63, 3.8) is 0 Å². The lowest BCUT2D eigenvalue weighted by Gasteiger charge is -2.03. The lowest BCUT2D eigenvalue weighted by molar-refractivity contribution is 0.491. The van der Waals surface area contributed by atoms with Gasteiger partial charge >= 0.3 is 0 Å². The van der Waals surface area contributed by atoms with E-state index < -0.39 is 6.46 Å². The highest BCUT2D eigenvalue weighted by Gasteiger charge is 2.07. The van der Waals surface area contributed by atoms with Gasteiger partial charge in [-0.05, 0) is 101 Å². The summed E-state index contributed by atoms with van der Waals surface area (Å²) in [5.41, 5.74) is 0. The van der Waals surface area contributed by atoms with Gasteiger partial charge in [0.25, 0.3) is 0 Å². The molecule has 0 amide bonds. The van der Waals surface area contributed by atoms with E-state index in [-0.39, 0.29) is 0 Å². The van der Waals surface area contributed by atoms with Gasteiger partial charge in [0.1, 0.15) is 0 Å². The Balaban J connectivity index is 3.08. The maximum absolute atomic E-state index is 5.17. The Labute approximate surface area is 633 Å². The zero-order chi connectivity index (χ0) is 48.3. The molecule has 0 aliphatic carbocycles. The van der Waals surface area contributed by atoms with Crippen LogP contribution in [-0.2, 0) is 33.0 Å². The van der Waals surface area contributed by atoms with Crippen molar-refractivity contribution in [2.45, 2.75) is 0 Å². The van der Waals surface area contributed by atoms with Crippen LogP contribution in [0.15, 0.2) is 0 Å². The second-order valence-corrected chi connectivity index (χ2v) is 120. The molecule has 0 aliphatic rings. The monoisotopic (exact) mass is 2110 g/mol. The minimum absolute atomic E-state index is 1.46. The van der Waals surface area contributed by atoms with E-state index in [1.807, 2.05) is 432 Å². The molecular formula is CH4OS65. The van der Waals surface area contributed by atoms with Crippen LogP contribution in [0.2, 0.25) is 0 Å². The van der Waals surface area contributed by atoms with Crippen LogP contribution in [-0.4, -0.2) is 7.11 Å². The fraction of sp³-hybridized carbons (Fsp3) is 1.00. The lowest BCUT2D eigenvalue weighted by Crippen LogP contribution is -1.87. The maximum Gasteiger partial charge on any atom is 0.0817 e. The summed E-state index contributed by atoms with van der Waals surface area (Å²) in [7, 11) is 111. The van der Waals surface area contributed by atoms with Crippen LogP contribution in [0.3, 0.4) is 0 Å². The third-order valence-electron chi connectivity index (χ3n) is 1.96. The summed E-state index contributed by atoms with van der Waals surface area (Å²) in [4.78, 5) is 0. The molecule has 0 heterocycles. The van der Waals surface area contributed by atoms with Crippen LogP contribution in [0.25, 0.3) is 0 Å². The average molecular weight is 2120 g/mol. The topological polar surface area (TPSA) is 9.23 Å². The predicted molar refractivity (Wildman–Crippen MR) is 501 cm³/mol. The molecule has 0 radical (unpaired) electrons. The predicted octanol–water partition coefficient (Wildman–Crippen LogP) is 40.0. The van der Waals surface area contributed by atoms with Gasteiger partial charge in [-0.3, -0.25) is 0 Å². The number of hydrogen-bond acceptors (Lipinski definition) is 65. The quantitative estimate of drug-likeness (QED) is 0.0352. The van der Waals surface area contributed by atoms with Crippen LogP contribution in [0.4, 0.5) is 0 Å². The van der Waals surface area contributed by atoms with Crippen LogP contribution in [0.5, 0.6) is 0 Å². The van der Waals surface area contributed by atoms with Gasteiger partial charge in [-0.25, -0.2) is 0 Å². The van der Waals surface area contributed by atoms with Crippen LogP contribution < -0.4 is 0 Å². The van der Waals surface area contributed by atoms with E-state index in [0.717, 1.165) is 0 Å². The van der Waals surface area contributed by atoms with Crippen LogP contribution >= 0.6 is 611 Å². The smallest absolute Gasteiger partial charge is 0.0817 e. The molecule has 0 aliphatic heterocycles. The van der Waals surface area contributed by atoms with E-state index in [1.54, 1.807) is 154 Å². The van der Waals surface area contributed by atoms with E-state index in [0.29, 0.717) is 0 Å². The SMILES string of the molecule is COS(=S)(=S)SSSSSSSSSSSSSSSSSSSSSSSSSSSSSSSSSSSSSSSSSSSSSSSSSSSSSSSSSSSSSS. The zero-order valence-corrected chi connectivity index (χ0v) is 81.1. The first-order valence-electron chi connectivity index (χ1n) is 11.3. The van der Waals surface area contributed by atoms with Gasteiger partial charge in [-0.1, -0.05) is 11.7 Å². The summed E-state index contributed by atoms with van der Waals surface area (Å²) in [6.45, 7) is -1.80. The molecule has 0 saturated carbocycles. The molecule has 0 unspecified atom stereocenters. The zero-order valence-electron chi connectivity index (χ0n) is 28.0. The highest BCUT2D eigenvalue weighted by molar-refractivity contribution is 9.64. The first-order valence-corrected chi connectivity index (χ1v) is 97.1. The summed E-state index contributed by atoms with van der Waals surface area (Å²) < 4.78 is 5.12. The number of thiol groups is 1. The highest BCUT2D eigenvalue weighted by atomic mass is 34.1. The van der Waals surface area contributed by atoms with E-state index in [9.17, 15) is 0 Å². The largest absolute Gasteiger partial charge is 0.305 e. The van der Waals surface area contributed by atoms with Crippen molar-refractivity contribution in [1.82, 2.24) is 0 Å². The Morgan fingerprint density at radius 1 is 0.209 bits per heavy atom. The van der Waals surface area contributed by atoms with E-state index in [4.69, 9.17) is 26.6 Å². The Hall–Kier alpha value is 22.5. The summed E-state index contributed by atoms with van der Waals surface area (Å²) in [6.07, 6.45) is 0. The van der Waals surface area contributed by atoms with Gasteiger partial charge in [0, 0.05) is 521 Å². The molecule has 0 N–H and O–H groups in total. The fourth-order valence-corrected chi connectivity index (χ4v) is 170. The molecule has 66 heteroatoms. The molecule has 0 spiro atoms. The second-order valence-electron chi connectivity index (χ2n) is 4.73. The minimum Gasteiger partial charge on any atom is -0.305 e. The normalized spacial score (nSPS) is 12.0. The standard InChI is InChI=1S/CH4OS65/c1-2-67(4,5)66-65-64-63-62-61-60-59-58-57-56-55-54-53-52-51-50-49-48-47-46-45-44-43-42-41-40-39-38-37-36-35-34-33-32-31-30-29-28-27-26-25-24-23-22-21-20-19-18-17-16-15-14-13-12-11-10-9-8-7-6-3/h3H,1H3. The van der Waals surface area contributed by atoms with Gasteiger partial charge in [0.15, 0.2) is 0 Å². The fourth-order valence-electron chi connectivity index (χ4n) is 0.732. The first-order chi connectivity index (χ1) is 33.1. The molecule has 0 atom stereocenters. The Morgan fingerprint density at radius 3 is 0.418 bits per heavy atom. The van der Waals surface area contributed by atoms with Crippen molar-refractivity contribution in [3.05, 3.63) is 0 Å². The molecule has 404 valence electrons. The van der Waals surface area contributed by atoms with Gasteiger partial charge in [-0.15, -0.1) is 0 Å². The van der Waals surface area contributed by atoms with Crippen molar-refractivity contribution in [3.8, 4) is 0 Å². The Morgan fingerprint density at radius 2 is 0.313 bits per heavy atom. The molecule has 1 nitrogen and oxygen atoms in total.